The first-order valence-electron chi connectivity index (χ1n) is 8.09. The number of rotatable bonds is 2. The number of amides is 3. The highest BCUT2D eigenvalue weighted by Gasteiger charge is 2.39. The first kappa shape index (κ1) is 15.4. The van der Waals surface area contributed by atoms with Crippen LogP contribution in [0.25, 0.3) is 11.3 Å². The Balaban J connectivity index is 1.63. The van der Waals surface area contributed by atoms with Gasteiger partial charge >= 0.3 is 0 Å². The summed E-state index contributed by atoms with van der Waals surface area (Å²) in [5.74, 6) is -0.862. The van der Waals surface area contributed by atoms with Crippen molar-refractivity contribution in [2.45, 2.75) is 32.4 Å². The van der Waals surface area contributed by atoms with Gasteiger partial charge in [0, 0.05) is 30.3 Å². The van der Waals surface area contributed by atoms with Gasteiger partial charge in [-0.3, -0.25) is 24.7 Å². The zero-order valence-corrected chi connectivity index (χ0v) is 13.7. The van der Waals surface area contributed by atoms with E-state index in [4.69, 9.17) is 0 Å². The highest BCUT2D eigenvalue weighted by atomic mass is 16.2. The van der Waals surface area contributed by atoms with E-state index in [1.807, 2.05) is 19.1 Å². The van der Waals surface area contributed by atoms with Gasteiger partial charge in [-0.2, -0.15) is 0 Å². The minimum atomic E-state index is -0.597. The summed E-state index contributed by atoms with van der Waals surface area (Å²) in [6.45, 7) is 2.23. The van der Waals surface area contributed by atoms with Crippen LogP contribution in [0.4, 0.5) is 0 Å². The summed E-state index contributed by atoms with van der Waals surface area (Å²) in [7, 11) is 0. The maximum Gasteiger partial charge on any atom is 0.255 e. The third-order valence-electron chi connectivity index (χ3n) is 4.57. The molecule has 4 rings (SSSR count). The molecule has 0 aliphatic carbocycles. The second-order valence-corrected chi connectivity index (χ2v) is 6.32. The molecule has 1 fully saturated rings. The third kappa shape index (κ3) is 2.67. The molecule has 126 valence electrons. The Morgan fingerprint density at radius 2 is 2.04 bits per heavy atom. The Hall–Kier alpha value is -3.09. The van der Waals surface area contributed by atoms with Gasteiger partial charge in [0.15, 0.2) is 0 Å². The zero-order valence-electron chi connectivity index (χ0n) is 13.7. The zero-order chi connectivity index (χ0) is 17.6. The van der Waals surface area contributed by atoms with Crippen molar-refractivity contribution in [3.8, 4) is 11.3 Å². The number of carbonyl (C=O) groups is 3. The first-order valence-corrected chi connectivity index (χ1v) is 8.09. The number of carbonyl (C=O) groups excluding carboxylic acids is 3. The van der Waals surface area contributed by atoms with Crippen LogP contribution in [0.5, 0.6) is 0 Å². The summed E-state index contributed by atoms with van der Waals surface area (Å²) in [5, 5.41) is 2.31. The van der Waals surface area contributed by atoms with E-state index in [1.165, 1.54) is 4.90 Å². The lowest BCUT2D eigenvalue weighted by atomic mass is 10.0. The largest absolute Gasteiger partial charge is 0.322 e. The molecule has 3 amide bonds. The highest BCUT2D eigenvalue weighted by Crippen LogP contribution is 2.30. The summed E-state index contributed by atoms with van der Waals surface area (Å²) in [6, 6.07) is 4.93. The molecule has 3 heterocycles. The number of nitrogens with zero attached hydrogens (tertiary/aromatic N) is 3. The van der Waals surface area contributed by atoms with E-state index in [0.29, 0.717) is 18.5 Å². The molecular formula is C18H16N4O3. The van der Waals surface area contributed by atoms with Crippen LogP contribution in [-0.4, -0.2) is 38.6 Å². The van der Waals surface area contributed by atoms with Crippen LogP contribution in [0, 0.1) is 6.92 Å². The quantitative estimate of drug-likeness (QED) is 0.832. The Bertz CT molecular complexity index is 909. The molecule has 1 unspecified atom stereocenters. The fourth-order valence-corrected chi connectivity index (χ4v) is 3.34. The highest BCUT2D eigenvalue weighted by molar-refractivity contribution is 6.05. The number of nitrogens with one attached hydrogen (secondary N) is 1. The van der Waals surface area contributed by atoms with Crippen LogP contribution in [0.3, 0.4) is 0 Å². The normalized spacial score (nSPS) is 19.8. The van der Waals surface area contributed by atoms with Crippen LogP contribution in [-0.2, 0) is 16.1 Å². The number of aromatic nitrogens is 2. The molecule has 1 aromatic heterocycles. The summed E-state index contributed by atoms with van der Waals surface area (Å²) in [4.78, 5) is 46.2. The average molecular weight is 336 g/mol. The van der Waals surface area contributed by atoms with E-state index in [-0.39, 0.29) is 18.2 Å². The summed E-state index contributed by atoms with van der Waals surface area (Å²) >= 11 is 0. The fourth-order valence-electron chi connectivity index (χ4n) is 3.34. The number of hydrogen-bond acceptors (Lipinski definition) is 5. The molecule has 0 bridgehead atoms. The van der Waals surface area contributed by atoms with Gasteiger partial charge in [0.05, 0.1) is 17.6 Å². The molecule has 1 aromatic carbocycles. The van der Waals surface area contributed by atoms with Crippen molar-refractivity contribution in [1.29, 1.82) is 0 Å². The summed E-state index contributed by atoms with van der Waals surface area (Å²) in [6.07, 6.45) is 3.98. The van der Waals surface area contributed by atoms with Crippen LogP contribution in [0.15, 0.2) is 30.6 Å². The third-order valence-corrected chi connectivity index (χ3v) is 4.57. The number of piperidine rings is 1. The smallest absolute Gasteiger partial charge is 0.255 e. The minimum absolute atomic E-state index is 0.175. The second-order valence-electron chi connectivity index (χ2n) is 6.32. The monoisotopic (exact) mass is 336 g/mol. The summed E-state index contributed by atoms with van der Waals surface area (Å²) in [5.41, 5.74) is 3.89. The molecule has 1 N–H and O–H groups in total. The molecule has 2 aliphatic heterocycles. The van der Waals surface area contributed by atoms with Gasteiger partial charge in [-0.25, -0.2) is 4.98 Å². The van der Waals surface area contributed by atoms with Crippen molar-refractivity contribution < 1.29 is 14.4 Å². The first-order chi connectivity index (χ1) is 12.0. The Morgan fingerprint density at radius 3 is 2.80 bits per heavy atom. The van der Waals surface area contributed by atoms with Crippen LogP contribution < -0.4 is 5.32 Å². The molecule has 0 saturated carbocycles. The maximum atomic E-state index is 12.7. The molecule has 2 aliphatic rings. The second kappa shape index (κ2) is 5.77. The van der Waals surface area contributed by atoms with Crippen molar-refractivity contribution >= 4 is 17.7 Å². The lowest BCUT2D eigenvalue weighted by molar-refractivity contribution is -0.136. The van der Waals surface area contributed by atoms with E-state index in [1.54, 1.807) is 18.5 Å². The molecule has 0 spiro atoms. The SMILES string of the molecule is Cc1cncc(-c2ccc3c(c2)CN(C2CCC(=O)NC2=O)C3=O)n1. The molecule has 7 heteroatoms. The lowest BCUT2D eigenvalue weighted by Crippen LogP contribution is -2.52. The Kier molecular flexibility index (Phi) is 3.56. The van der Waals surface area contributed by atoms with E-state index in [2.05, 4.69) is 15.3 Å². The maximum absolute atomic E-state index is 12.7. The van der Waals surface area contributed by atoms with Gasteiger partial charge in [0.1, 0.15) is 6.04 Å². The summed E-state index contributed by atoms with van der Waals surface area (Å²) < 4.78 is 0. The van der Waals surface area contributed by atoms with Crippen molar-refractivity contribution in [2.75, 3.05) is 0 Å². The Morgan fingerprint density at radius 1 is 1.20 bits per heavy atom. The standard InChI is InChI=1S/C18H16N4O3/c1-10-7-19-8-14(20-10)11-2-3-13-12(6-11)9-22(18(13)25)15-4-5-16(23)21-17(15)24/h2-3,6-8,15H,4-5,9H2,1H3,(H,21,23,24). The van der Waals surface area contributed by atoms with E-state index >= 15 is 0 Å². The van der Waals surface area contributed by atoms with Gasteiger partial charge in [-0.15, -0.1) is 0 Å². The topological polar surface area (TPSA) is 92.3 Å². The predicted octanol–water partition coefficient (Wildman–Crippen LogP) is 1.21. The van der Waals surface area contributed by atoms with Crippen molar-refractivity contribution in [3.05, 3.63) is 47.4 Å². The van der Waals surface area contributed by atoms with E-state index < -0.39 is 11.9 Å². The van der Waals surface area contributed by atoms with E-state index in [0.717, 1.165) is 22.5 Å². The number of aryl methyl sites for hydroxylation is 1. The van der Waals surface area contributed by atoms with Crippen molar-refractivity contribution in [2.24, 2.45) is 0 Å². The van der Waals surface area contributed by atoms with Crippen LogP contribution >= 0.6 is 0 Å². The van der Waals surface area contributed by atoms with Gasteiger partial charge in [-0.1, -0.05) is 6.07 Å². The fraction of sp³-hybridized carbons (Fsp3) is 0.278. The number of hydrogen-bond donors (Lipinski definition) is 1. The molecule has 25 heavy (non-hydrogen) atoms. The molecule has 1 saturated heterocycles. The molecule has 0 radical (unpaired) electrons. The molecule has 7 nitrogen and oxygen atoms in total. The molecule has 1 atom stereocenters. The van der Waals surface area contributed by atoms with Gasteiger partial charge in [-0.05, 0) is 31.0 Å². The van der Waals surface area contributed by atoms with E-state index in [9.17, 15) is 14.4 Å². The van der Waals surface area contributed by atoms with Gasteiger partial charge < -0.3 is 4.90 Å². The molecule has 2 aromatic rings. The van der Waals surface area contributed by atoms with Gasteiger partial charge in [0.2, 0.25) is 11.8 Å². The number of fused-ring (bicyclic) bond motifs is 1. The predicted molar refractivity (Wildman–Crippen MR) is 88.3 cm³/mol. The van der Waals surface area contributed by atoms with Crippen molar-refractivity contribution in [1.82, 2.24) is 20.2 Å². The van der Waals surface area contributed by atoms with Crippen LogP contribution in [0.2, 0.25) is 0 Å². The number of imide groups is 1. The van der Waals surface area contributed by atoms with Crippen LogP contribution in [0.1, 0.15) is 34.5 Å². The number of benzene rings is 1. The van der Waals surface area contributed by atoms with Crippen molar-refractivity contribution in [3.63, 3.8) is 0 Å². The average Bonchev–Trinajstić information content (AvgIpc) is 2.91. The minimum Gasteiger partial charge on any atom is -0.322 e. The lowest BCUT2D eigenvalue weighted by Gasteiger charge is -2.29. The Labute approximate surface area is 144 Å². The molecular weight excluding hydrogens is 320 g/mol. The van der Waals surface area contributed by atoms with Gasteiger partial charge in [0.25, 0.3) is 5.91 Å².